The number of nitrogens with one attached hydrogen (secondary N) is 2. The fourth-order valence-corrected chi connectivity index (χ4v) is 4.56. The number of ether oxygens (including phenoxy) is 1. The third-order valence-corrected chi connectivity index (χ3v) is 6.72. The van der Waals surface area contributed by atoms with Crippen LogP contribution in [0.15, 0.2) is 94.4 Å². The Kier molecular flexibility index (Phi) is 7.87. The Morgan fingerprint density at radius 2 is 1.56 bits per heavy atom. The van der Waals surface area contributed by atoms with Gasteiger partial charge in [-0.2, -0.15) is 5.10 Å². The molecule has 0 aliphatic rings. The number of carbonyl (C=O) groups excluding carboxylic acids is 2. The molecule has 0 fully saturated rings. The van der Waals surface area contributed by atoms with Gasteiger partial charge in [0.25, 0.3) is 5.91 Å². The van der Waals surface area contributed by atoms with E-state index in [1.54, 1.807) is 28.9 Å². The Bertz CT molecular complexity index is 1690. The molecule has 208 valence electrons. The van der Waals surface area contributed by atoms with Crippen molar-refractivity contribution in [2.24, 2.45) is 5.10 Å². The van der Waals surface area contributed by atoms with E-state index in [1.807, 2.05) is 62.4 Å². The average molecular weight is 550 g/mol. The minimum Gasteiger partial charge on any atom is -0.486 e. The Balaban J connectivity index is 1.15. The normalized spacial score (nSPS) is 11.1. The second-order valence-electron chi connectivity index (χ2n) is 9.67. The fraction of sp³-hybridized carbons (Fsp3) is 0.156. The second kappa shape index (κ2) is 11.8. The lowest BCUT2D eigenvalue weighted by molar-refractivity contribution is 0.0922. The minimum atomic E-state index is -0.486. The molecule has 9 heteroatoms. The summed E-state index contributed by atoms with van der Waals surface area (Å²) in [4.78, 5) is 25.1. The molecule has 2 N–H and O–H groups in total. The van der Waals surface area contributed by atoms with Gasteiger partial charge >= 0.3 is 5.91 Å². The molecule has 9 nitrogen and oxygen atoms in total. The Hall–Kier alpha value is -5.31. The van der Waals surface area contributed by atoms with E-state index in [4.69, 9.17) is 9.15 Å². The molecule has 0 unspecified atom stereocenters. The number of hydrogen-bond acceptors (Lipinski definition) is 5. The van der Waals surface area contributed by atoms with Crippen LogP contribution in [-0.4, -0.2) is 27.3 Å². The molecule has 5 rings (SSSR count). The van der Waals surface area contributed by atoms with Gasteiger partial charge < -0.3 is 13.7 Å². The largest absolute Gasteiger partial charge is 0.486 e. The van der Waals surface area contributed by atoms with Gasteiger partial charge in [0.15, 0.2) is 5.76 Å². The van der Waals surface area contributed by atoms with Gasteiger partial charge in [-0.15, -0.1) is 0 Å². The summed E-state index contributed by atoms with van der Waals surface area (Å²) in [6.07, 6.45) is 1.53. The summed E-state index contributed by atoms with van der Waals surface area (Å²) in [7, 11) is 0. The first-order valence-electron chi connectivity index (χ1n) is 13.2. The van der Waals surface area contributed by atoms with Crippen LogP contribution in [0.25, 0.3) is 5.69 Å². The van der Waals surface area contributed by atoms with Gasteiger partial charge in [0.2, 0.25) is 0 Å². The number of benzene rings is 2. The number of carbonyl (C=O) groups is 2. The highest BCUT2D eigenvalue weighted by Gasteiger charge is 2.14. The molecule has 0 atom stereocenters. The molecule has 3 heterocycles. The van der Waals surface area contributed by atoms with Crippen molar-refractivity contribution >= 4 is 18.0 Å². The fourth-order valence-electron chi connectivity index (χ4n) is 4.56. The smallest absolute Gasteiger partial charge is 0.307 e. The molecule has 41 heavy (non-hydrogen) atoms. The maximum atomic E-state index is 12.6. The summed E-state index contributed by atoms with van der Waals surface area (Å²) in [6, 6.07) is 26.1. The number of hydrazone groups is 1. The molecule has 2 aromatic carbocycles. The van der Waals surface area contributed by atoms with Gasteiger partial charge in [0, 0.05) is 39.6 Å². The molecule has 0 spiro atoms. The topological polar surface area (TPSA) is 103 Å². The van der Waals surface area contributed by atoms with Crippen LogP contribution in [0.2, 0.25) is 0 Å². The Morgan fingerprint density at radius 1 is 0.854 bits per heavy atom. The van der Waals surface area contributed by atoms with E-state index in [0.29, 0.717) is 17.1 Å². The quantitative estimate of drug-likeness (QED) is 0.178. The van der Waals surface area contributed by atoms with Crippen molar-refractivity contribution in [3.05, 3.63) is 130 Å². The van der Waals surface area contributed by atoms with Crippen LogP contribution < -0.4 is 15.6 Å². The number of furan rings is 1. The first-order valence-corrected chi connectivity index (χ1v) is 13.2. The highest BCUT2D eigenvalue weighted by atomic mass is 16.5. The van der Waals surface area contributed by atoms with Crippen molar-refractivity contribution in [3.63, 3.8) is 0 Å². The predicted molar refractivity (Wildman–Crippen MR) is 157 cm³/mol. The summed E-state index contributed by atoms with van der Waals surface area (Å²) >= 11 is 0. The van der Waals surface area contributed by atoms with Gasteiger partial charge in [-0.05, 0) is 94.4 Å². The number of amides is 2. The summed E-state index contributed by atoms with van der Waals surface area (Å²) < 4.78 is 15.4. The number of aromatic nitrogens is 2. The molecule has 0 saturated carbocycles. The summed E-state index contributed by atoms with van der Waals surface area (Å²) in [5, 5.41) is 4.07. The third-order valence-electron chi connectivity index (χ3n) is 6.72. The number of rotatable bonds is 9. The van der Waals surface area contributed by atoms with E-state index in [2.05, 4.69) is 46.5 Å². The zero-order chi connectivity index (χ0) is 28.9. The van der Waals surface area contributed by atoms with Crippen LogP contribution >= 0.6 is 0 Å². The monoisotopic (exact) mass is 549 g/mol. The van der Waals surface area contributed by atoms with E-state index in [0.717, 1.165) is 34.0 Å². The molecular formula is C32H31N5O4. The molecule has 0 bridgehead atoms. The minimum absolute atomic E-state index is 0.121. The van der Waals surface area contributed by atoms with Crippen molar-refractivity contribution in [1.29, 1.82) is 0 Å². The molecule has 5 aromatic rings. The molecular weight excluding hydrogens is 518 g/mol. The van der Waals surface area contributed by atoms with Crippen LogP contribution in [0.3, 0.4) is 0 Å². The van der Waals surface area contributed by atoms with Crippen LogP contribution in [0.1, 0.15) is 55.0 Å². The molecule has 3 aromatic heterocycles. The van der Waals surface area contributed by atoms with E-state index in [1.165, 1.54) is 6.21 Å². The molecule has 0 saturated heterocycles. The number of aryl methyl sites for hydroxylation is 3. The predicted octanol–water partition coefficient (Wildman–Crippen LogP) is 5.83. The molecule has 0 aliphatic carbocycles. The molecule has 2 amide bonds. The lowest BCUT2D eigenvalue weighted by Gasteiger charge is -2.11. The first kappa shape index (κ1) is 27.3. The van der Waals surface area contributed by atoms with E-state index < -0.39 is 5.91 Å². The van der Waals surface area contributed by atoms with Crippen molar-refractivity contribution < 1.29 is 18.7 Å². The van der Waals surface area contributed by atoms with Crippen LogP contribution in [0.4, 0.5) is 0 Å². The highest BCUT2D eigenvalue weighted by Crippen LogP contribution is 2.21. The van der Waals surface area contributed by atoms with Crippen molar-refractivity contribution in [3.8, 4) is 11.4 Å². The van der Waals surface area contributed by atoms with Gasteiger partial charge in [-0.3, -0.25) is 19.7 Å². The van der Waals surface area contributed by atoms with Crippen LogP contribution in [-0.2, 0) is 6.61 Å². The van der Waals surface area contributed by atoms with E-state index >= 15 is 0 Å². The SMILES string of the molecule is Cc1cc(/C=N/NC(=O)c2ccc(COc3ccc(-n4c(C)ccc4C)cc3)o2)c(C)n1NC(=O)c1ccccc1. The second-order valence-corrected chi connectivity index (χ2v) is 9.67. The lowest BCUT2D eigenvalue weighted by atomic mass is 10.2. The third kappa shape index (κ3) is 6.14. The van der Waals surface area contributed by atoms with Crippen LogP contribution in [0.5, 0.6) is 5.75 Å². The molecule has 0 radical (unpaired) electrons. The average Bonchev–Trinajstić information content (AvgIpc) is 3.66. The zero-order valence-corrected chi connectivity index (χ0v) is 23.3. The van der Waals surface area contributed by atoms with Gasteiger partial charge in [-0.25, -0.2) is 5.43 Å². The maximum Gasteiger partial charge on any atom is 0.307 e. The number of hydrogen-bond donors (Lipinski definition) is 2. The maximum absolute atomic E-state index is 12.6. The standard InChI is InChI=1S/C32H31N5O4/c1-21-10-11-22(2)36(21)27-12-14-28(15-13-27)40-20-29-16-17-30(41-29)32(39)34-33-19-26-18-23(3)37(24(26)4)35-31(38)25-8-6-5-7-9-25/h5-19H,20H2,1-4H3,(H,34,39)(H,35,38)/b33-19+. The lowest BCUT2D eigenvalue weighted by Crippen LogP contribution is -2.24. The van der Waals surface area contributed by atoms with Crippen LogP contribution in [0, 0.1) is 27.7 Å². The van der Waals surface area contributed by atoms with Crippen molar-refractivity contribution in [2.75, 3.05) is 5.43 Å². The van der Waals surface area contributed by atoms with Gasteiger partial charge in [0.1, 0.15) is 18.1 Å². The Labute approximate surface area is 238 Å². The van der Waals surface area contributed by atoms with E-state index in [-0.39, 0.29) is 18.3 Å². The molecule has 0 aliphatic heterocycles. The van der Waals surface area contributed by atoms with Gasteiger partial charge in [-0.1, -0.05) is 18.2 Å². The number of nitrogens with zero attached hydrogens (tertiary/aromatic N) is 3. The first-order chi connectivity index (χ1) is 19.8. The summed E-state index contributed by atoms with van der Waals surface area (Å²) in [5.74, 6) is 0.621. The van der Waals surface area contributed by atoms with E-state index in [9.17, 15) is 9.59 Å². The highest BCUT2D eigenvalue weighted by molar-refractivity contribution is 6.00. The Morgan fingerprint density at radius 3 is 2.27 bits per heavy atom. The summed E-state index contributed by atoms with van der Waals surface area (Å²) in [5.41, 5.74) is 11.7. The van der Waals surface area contributed by atoms with Crippen molar-refractivity contribution in [1.82, 2.24) is 14.7 Å². The zero-order valence-electron chi connectivity index (χ0n) is 23.3. The van der Waals surface area contributed by atoms with Gasteiger partial charge in [0.05, 0.1) is 6.21 Å². The van der Waals surface area contributed by atoms with Crippen molar-refractivity contribution in [2.45, 2.75) is 34.3 Å². The summed E-state index contributed by atoms with van der Waals surface area (Å²) in [6.45, 7) is 8.05.